The van der Waals surface area contributed by atoms with Gasteiger partial charge in [0.2, 0.25) is 0 Å². The molecule has 2 N–H and O–H groups in total. The van der Waals surface area contributed by atoms with Gasteiger partial charge in [-0.3, -0.25) is 9.88 Å². The third-order valence-electron chi connectivity index (χ3n) is 4.96. The summed E-state index contributed by atoms with van der Waals surface area (Å²) in [6.45, 7) is 2.86. The minimum Gasteiger partial charge on any atom is -0.478 e. The van der Waals surface area contributed by atoms with Crippen molar-refractivity contribution in [1.29, 1.82) is 0 Å². The van der Waals surface area contributed by atoms with Gasteiger partial charge in [-0.2, -0.15) is 0 Å². The van der Waals surface area contributed by atoms with Gasteiger partial charge in [-0.25, -0.2) is 14.8 Å². The van der Waals surface area contributed by atoms with Gasteiger partial charge in [0.25, 0.3) is 0 Å². The van der Waals surface area contributed by atoms with Crippen molar-refractivity contribution in [1.82, 2.24) is 24.8 Å². The van der Waals surface area contributed by atoms with Gasteiger partial charge >= 0.3 is 5.97 Å². The maximum atomic E-state index is 11.0. The van der Waals surface area contributed by atoms with Crippen molar-refractivity contribution in [2.75, 3.05) is 13.1 Å². The second kappa shape index (κ2) is 7.67. The zero-order valence-corrected chi connectivity index (χ0v) is 14.9. The van der Waals surface area contributed by atoms with E-state index in [-0.39, 0.29) is 0 Å². The number of carbonyl (C=O) groups is 1. The fourth-order valence-electron chi connectivity index (χ4n) is 3.62. The van der Waals surface area contributed by atoms with E-state index in [4.69, 9.17) is 5.11 Å². The Balaban J connectivity index is 1.38. The summed E-state index contributed by atoms with van der Waals surface area (Å²) < 4.78 is 0. The van der Waals surface area contributed by atoms with E-state index >= 15 is 0 Å². The molecule has 0 spiro atoms. The van der Waals surface area contributed by atoms with Crippen LogP contribution in [0.25, 0.3) is 11.5 Å². The summed E-state index contributed by atoms with van der Waals surface area (Å²) in [5, 5.41) is 9.00. The van der Waals surface area contributed by atoms with Crippen molar-refractivity contribution in [3.8, 4) is 11.5 Å². The highest BCUT2D eigenvalue weighted by atomic mass is 16.4. The number of rotatable bonds is 6. The smallest absolute Gasteiger partial charge is 0.335 e. The van der Waals surface area contributed by atoms with Crippen LogP contribution in [0.3, 0.4) is 0 Å². The molecule has 1 aliphatic heterocycles. The van der Waals surface area contributed by atoms with E-state index in [1.54, 1.807) is 36.9 Å². The molecule has 1 aromatic carbocycles. The zero-order chi connectivity index (χ0) is 18.6. The number of hydrogen-bond donors (Lipinski definition) is 2. The highest BCUT2D eigenvalue weighted by Crippen LogP contribution is 2.25. The number of nitrogens with one attached hydrogen (secondary N) is 1. The van der Waals surface area contributed by atoms with E-state index in [0.717, 1.165) is 55.3 Å². The van der Waals surface area contributed by atoms with Crippen molar-refractivity contribution in [3.63, 3.8) is 0 Å². The molecule has 1 unspecified atom stereocenters. The third kappa shape index (κ3) is 4.03. The molecule has 7 nitrogen and oxygen atoms in total. The van der Waals surface area contributed by atoms with Crippen LogP contribution in [0.1, 0.15) is 28.0 Å². The van der Waals surface area contributed by atoms with Crippen LogP contribution in [-0.4, -0.2) is 49.0 Å². The number of carboxylic acid groups (broad SMARTS) is 1. The molecule has 1 aliphatic rings. The Bertz CT molecular complexity index is 908. The van der Waals surface area contributed by atoms with Crippen LogP contribution in [-0.2, 0) is 13.0 Å². The van der Waals surface area contributed by atoms with E-state index in [1.807, 2.05) is 12.1 Å². The lowest BCUT2D eigenvalue weighted by atomic mass is 10.0. The molecule has 3 aromatic rings. The van der Waals surface area contributed by atoms with Gasteiger partial charge in [-0.15, -0.1) is 0 Å². The molecule has 0 radical (unpaired) electrons. The van der Waals surface area contributed by atoms with Crippen LogP contribution in [0.15, 0.2) is 49.1 Å². The SMILES string of the molecule is O=C(O)c1ccc(CN2CCC(Cc3nccnc3-c3ncc[nH]3)C2)cc1. The van der Waals surface area contributed by atoms with Gasteiger partial charge in [0.05, 0.1) is 11.3 Å². The summed E-state index contributed by atoms with van der Waals surface area (Å²) in [7, 11) is 0. The number of aromatic amines is 1. The molecule has 27 heavy (non-hydrogen) atoms. The summed E-state index contributed by atoms with van der Waals surface area (Å²) in [5.74, 6) is 0.388. The largest absolute Gasteiger partial charge is 0.478 e. The molecule has 0 aliphatic carbocycles. The van der Waals surface area contributed by atoms with Crippen LogP contribution in [0.5, 0.6) is 0 Å². The molecule has 0 bridgehead atoms. The second-order valence-electron chi connectivity index (χ2n) is 6.89. The molecular formula is C20H21N5O2. The van der Waals surface area contributed by atoms with E-state index in [1.165, 1.54) is 0 Å². The molecule has 4 rings (SSSR count). The number of imidazole rings is 1. The van der Waals surface area contributed by atoms with Crippen LogP contribution < -0.4 is 0 Å². The minimum atomic E-state index is -0.890. The molecular weight excluding hydrogens is 342 g/mol. The number of hydrogen-bond acceptors (Lipinski definition) is 5. The first-order valence-corrected chi connectivity index (χ1v) is 9.03. The monoisotopic (exact) mass is 363 g/mol. The second-order valence-corrected chi connectivity index (χ2v) is 6.89. The Labute approximate surface area is 157 Å². The van der Waals surface area contributed by atoms with Crippen molar-refractivity contribution in [2.45, 2.75) is 19.4 Å². The molecule has 1 fully saturated rings. The predicted octanol–water partition coefficient (Wildman–Crippen LogP) is 2.63. The normalized spacial score (nSPS) is 17.3. The molecule has 2 aromatic heterocycles. The molecule has 3 heterocycles. The van der Waals surface area contributed by atoms with Gasteiger partial charge < -0.3 is 10.1 Å². The number of carboxylic acids is 1. The lowest BCUT2D eigenvalue weighted by molar-refractivity contribution is 0.0697. The first-order chi connectivity index (χ1) is 13.2. The quantitative estimate of drug-likeness (QED) is 0.699. The highest BCUT2D eigenvalue weighted by molar-refractivity contribution is 5.87. The van der Waals surface area contributed by atoms with Crippen molar-refractivity contribution < 1.29 is 9.90 Å². The predicted molar refractivity (Wildman–Crippen MR) is 100 cm³/mol. The van der Waals surface area contributed by atoms with E-state index < -0.39 is 5.97 Å². The highest BCUT2D eigenvalue weighted by Gasteiger charge is 2.24. The Hall–Kier alpha value is -3.06. The van der Waals surface area contributed by atoms with Gasteiger partial charge in [-0.05, 0) is 43.0 Å². The number of H-pyrrole nitrogens is 1. The summed E-state index contributed by atoms with van der Waals surface area (Å²) in [6, 6.07) is 7.13. The molecule has 1 atom stereocenters. The average molecular weight is 363 g/mol. The van der Waals surface area contributed by atoms with Gasteiger partial charge in [-0.1, -0.05) is 12.1 Å². The lowest BCUT2D eigenvalue weighted by Crippen LogP contribution is -2.21. The average Bonchev–Trinajstić information content (AvgIpc) is 3.35. The van der Waals surface area contributed by atoms with Crippen LogP contribution in [0, 0.1) is 5.92 Å². The zero-order valence-electron chi connectivity index (χ0n) is 14.9. The Morgan fingerprint density at radius 3 is 2.70 bits per heavy atom. The molecule has 0 saturated carbocycles. The van der Waals surface area contributed by atoms with Crippen LogP contribution in [0.4, 0.5) is 0 Å². The van der Waals surface area contributed by atoms with E-state index in [0.29, 0.717) is 11.5 Å². The number of benzene rings is 1. The lowest BCUT2D eigenvalue weighted by Gasteiger charge is -2.16. The van der Waals surface area contributed by atoms with Crippen LogP contribution in [0.2, 0.25) is 0 Å². The fraction of sp³-hybridized carbons (Fsp3) is 0.300. The molecule has 7 heteroatoms. The number of likely N-dealkylation sites (tertiary alicyclic amines) is 1. The number of nitrogens with zero attached hydrogens (tertiary/aromatic N) is 4. The first-order valence-electron chi connectivity index (χ1n) is 9.03. The van der Waals surface area contributed by atoms with Crippen LogP contribution >= 0.6 is 0 Å². The van der Waals surface area contributed by atoms with Crippen molar-refractivity contribution in [2.24, 2.45) is 5.92 Å². The molecule has 138 valence electrons. The summed E-state index contributed by atoms with van der Waals surface area (Å²) in [6.07, 6.45) is 8.93. The number of aromatic nitrogens is 4. The molecule has 1 saturated heterocycles. The summed E-state index contributed by atoms with van der Waals surface area (Å²) in [5.41, 5.74) is 3.26. The Morgan fingerprint density at radius 1 is 1.15 bits per heavy atom. The summed E-state index contributed by atoms with van der Waals surface area (Å²) in [4.78, 5) is 29.8. The van der Waals surface area contributed by atoms with Crippen molar-refractivity contribution in [3.05, 3.63) is 65.9 Å². The van der Waals surface area contributed by atoms with Gasteiger partial charge in [0.15, 0.2) is 5.82 Å². The third-order valence-corrected chi connectivity index (χ3v) is 4.96. The fourth-order valence-corrected chi connectivity index (χ4v) is 3.62. The van der Waals surface area contributed by atoms with E-state index in [2.05, 4.69) is 24.8 Å². The summed E-state index contributed by atoms with van der Waals surface area (Å²) >= 11 is 0. The maximum absolute atomic E-state index is 11.0. The number of aromatic carboxylic acids is 1. The Morgan fingerprint density at radius 2 is 1.96 bits per heavy atom. The Kier molecular flexibility index (Phi) is 4.93. The molecule has 0 amide bonds. The van der Waals surface area contributed by atoms with E-state index in [9.17, 15) is 4.79 Å². The first kappa shape index (κ1) is 17.4. The van der Waals surface area contributed by atoms with Crippen molar-refractivity contribution >= 4 is 5.97 Å². The van der Waals surface area contributed by atoms with Gasteiger partial charge in [0.1, 0.15) is 5.69 Å². The minimum absolute atomic E-state index is 0.325. The topological polar surface area (TPSA) is 95.0 Å². The standard InChI is InChI=1S/C20H21N5O2/c26-20(27)16-3-1-14(2-4-16)12-25-10-5-15(13-25)11-17-18(22-7-6-21-17)19-23-8-9-24-19/h1-4,6-9,15H,5,10-13H2,(H,23,24)(H,26,27). The maximum Gasteiger partial charge on any atom is 0.335 e. The van der Waals surface area contributed by atoms with Gasteiger partial charge in [0, 0.05) is 37.9 Å².